The van der Waals surface area contributed by atoms with Gasteiger partial charge in [0.1, 0.15) is 6.07 Å². The van der Waals surface area contributed by atoms with Gasteiger partial charge in [-0.2, -0.15) is 5.26 Å². The molecule has 0 aliphatic carbocycles. The number of rotatable bonds is 1. The molecule has 0 unspecified atom stereocenters. The first kappa shape index (κ1) is 8.72. The van der Waals surface area contributed by atoms with Crippen molar-refractivity contribution in [3.63, 3.8) is 0 Å². The van der Waals surface area contributed by atoms with Crippen molar-refractivity contribution in [1.29, 1.82) is 5.26 Å². The van der Waals surface area contributed by atoms with E-state index in [9.17, 15) is 0 Å². The molecule has 5 heteroatoms. The van der Waals surface area contributed by atoms with Crippen molar-refractivity contribution >= 4 is 12.6 Å². The van der Waals surface area contributed by atoms with Crippen LogP contribution in [0.15, 0.2) is 12.3 Å². The molecule has 0 atom stereocenters. The summed E-state index contributed by atoms with van der Waals surface area (Å²) in [5, 5.41) is 26.3. The van der Waals surface area contributed by atoms with Crippen molar-refractivity contribution in [3.05, 3.63) is 23.5 Å². The summed E-state index contributed by atoms with van der Waals surface area (Å²) in [6.45, 7) is 1.64. The summed E-state index contributed by atoms with van der Waals surface area (Å²) in [7, 11) is -1.61. The Morgan fingerprint density at radius 1 is 1.58 bits per heavy atom. The monoisotopic (exact) mass is 162 g/mol. The lowest BCUT2D eigenvalue weighted by molar-refractivity contribution is 0.425. The average Bonchev–Trinajstić information content (AvgIpc) is 2.03. The second kappa shape index (κ2) is 3.35. The van der Waals surface area contributed by atoms with Gasteiger partial charge in [0.2, 0.25) is 0 Å². The second-order valence-corrected chi connectivity index (χ2v) is 2.35. The summed E-state index contributed by atoms with van der Waals surface area (Å²) < 4.78 is 0. The molecule has 0 saturated carbocycles. The normalized spacial score (nSPS) is 9.17. The van der Waals surface area contributed by atoms with Crippen molar-refractivity contribution in [2.75, 3.05) is 0 Å². The Labute approximate surface area is 70.3 Å². The Morgan fingerprint density at radius 3 is 2.67 bits per heavy atom. The molecule has 12 heavy (non-hydrogen) atoms. The molecule has 0 saturated heterocycles. The van der Waals surface area contributed by atoms with Gasteiger partial charge in [0.15, 0.2) is 0 Å². The second-order valence-electron chi connectivity index (χ2n) is 2.35. The molecule has 1 rings (SSSR count). The predicted octanol–water partition coefficient (Wildman–Crippen LogP) is -1.06. The Balaban J connectivity index is 3.30. The van der Waals surface area contributed by atoms with Crippen LogP contribution in [0.5, 0.6) is 0 Å². The van der Waals surface area contributed by atoms with Crippen molar-refractivity contribution in [2.45, 2.75) is 6.92 Å². The summed E-state index contributed by atoms with van der Waals surface area (Å²) in [6, 6.07) is 3.28. The van der Waals surface area contributed by atoms with Gasteiger partial charge in [-0.1, -0.05) is 0 Å². The third kappa shape index (κ3) is 1.45. The Hall–Kier alpha value is -1.38. The predicted molar refractivity (Wildman–Crippen MR) is 43.5 cm³/mol. The highest BCUT2D eigenvalue weighted by Gasteiger charge is 2.17. The molecule has 0 bridgehead atoms. The Morgan fingerprint density at radius 2 is 2.25 bits per heavy atom. The van der Waals surface area contributed by atoms with Crippen molar-refractivity contribution < 1.29 is 10.0 Å². The van der Waals surface area contributed by atoms with E-state index in [0.717, 1.165) is 0 Å². The van der Waals surface area contributed by atoms with E-state index in [0.29, 0.717) is 5.69 Å². The summed E-state index contributed by atoms with van der Waals surface area (Å²) >= 11 is 0. The van der Waals surface area contributed by atoms with Crippen LogP contribution in [-0.4, -0.2) is 22.2 Å². The van der Waals surface area contributed by atoms with Gasteiger partial charge < -0.3 is 10.0 Å². The van der Waals surface area contributed by atoms with Crippen LogP contribution in [0.2, 0.25) is 0 Å². The molecule has 0 aromatic carbocycles. The van der Waals surface area contributed by atoms with E-state index in [4.69, 9.17) is 15.3 Å². The van der Waals surface area contributed by atoms with Crippen LogP contribution in [0.25, 0.3) is 0 Å². The van der Waals surface area contributed by atoms with Crippen molar-refractivity contribution in [3.8, 4) is 6.07 Å². The lowest BCUT2D eigenvalue weighted by atomic mass is 9.77. The van der Waals surface area contributed by atoms with Gasteiger partial charge in [-0.25, -0.2) is 0 Å². The van der Waals surface area contributed by atoms with E-state index in [1.54, 1.807) is 6.92 Å². The number of nitrogens with zero attached hydrogens (tertiary/aromatic N) is 2. The number of aryl methyl sites for hydroxylation is 1. The number of aromatic nitrogens is 1. The summed E-state index contributed by atoms with van der Waals surface area (Å²) in [6.07, 6.45) is 1.44. The quantitative estimate of drug-likeness (QED) is 0.516. The van der Waals surface area contributed by atoms with Crippen LogP contribution in [0.4, 0.5) is 0 Å². The van der Waals surface area contributed by atoms with Gasteiger partial charge in [0.05, 0.1) is 11.3 Å². The molecular formula is C7H7BN2O2. The first-order valence-corrected chi connectivity index (χ1v) is 3.38. The summed E-state index contributed by atoms with van der Waals surface area (Å²) in [5.74, 6) is 0. The van der Waals surface area contributed by atoms with E-state index in [1.807, 2.05) is 6.07 Å². The van der Waals surface area contributed by atoms with E-state index < -0.39 is 7.12 Å². The third-order valence-corrected chi connectivity index (χ3v) is 1.56. The van der Waals surface area contributed by atoms with Gasteiger partial charge in [-0.05, 0) is 13.0 Å². The highest BCUT2D eigenvalue weighted by Crippen LogP contribution is 1.98. The van der Waals surface area contributed by atoms with Gasteiger partial charge in [0, 0.05) is 11.7 Å². The Kier molecular flexibility index (Phi) is 2.43. The van der Waals surface area contributed by atoms with Crippen molar-refractivity contribution in [2.24, 2.45) is 0 Å². The molecule has 0 spiro atoms. The van der Waals surface area contributed by atoms with Gasteiger partial charge in [0.25, 0.3) is 0 Å². The molecule has 0 fully saturated rings. The Bertz CT molecular complexity index is 333. The molecule has 4 nitrogen and oxygen atoms in total. The summed E-state index contributed by atoms with van der Waals surface area (Å²) in [4.78, 5) is 3.85. The summed E-state index contributed by atoms with van der Waals surface area (Å²) in [5.41, 5.74) is 0.931. The van der Waals surface area contributed by atoms with Crippen LogP contribution >= 0.6 is 0 Å². The molecule has 1 aromatic heterocycles. The largest absolute Gasteiger partial charge is 0.489 e. The molecule has 0 radical (unpaired) electrons. The highest BCUT2D eigenvalue weighted by molar-refractivity contribution is 6.59. The minimum atomic E-state index is -1.61. The van der Waals surface area contributed by atoms with E-state index in [2.05, 4.69) is 4.98 Å². The van der Waals surface area contributed by atoms with Crippen LogP contribution in [-0.2, 0) is 0 Å². The number of pyridine rings is 1. The first-order valence-electron chi connectivity index (χ1n) is 3.38. The van der Waals surface area contributed by atoms with Crippen LogP contribution in [0.1, 0.15) is 11.3 Å². The zero-order valence-electron chi connectivity index (χ0n) is 6.52. The number of hydrogen-bond donors (Lipinski definition) is 2. The molecule has 1 heterocycles. The third-order valence-electron chi connectivity index (χ3n) is 1.56. The lowest BCUT2D eigenvalue weighted by Gasteiger charge is -2.02. The molecule has 0 aliphatic rings. The van der Waals surface area contributed by atoms with E-state index in [-0.39, 0.29) is 11.0 Å². The smallest absolute Gasteiger partial charge is 0.423 e. The first-order chi connectivity index (χ1) is 5.66. The topological polar surface area (TPSA) is 77.1 Å². The maximum atomic E-state index is 8.84. The maximum absolute atomic E-state index is 8.84. The molecular weight excluding hydrogens is 155 g/mol. The van der Waals surface area contributed by atoms with Gasteiger partial charge in [-0.15, -0.1) is 0 Å². The molecule has 1 aromatic rings. The average molecular weight is 162 g/mol. The van der Waals surface area contributed by atoms with Gasteiger partial charge >= 0.3 is 7.12 Å². The fraction of sp³-hybridized carbons (Fsp3) is 0.143. The number of nitriles is 1. The van der Waals surface area contributed by atoms with Crippen LogP contribution in [0, 0.1) is 18.3 Å². The van der Waals surface area contributed by atoms with E-state index >= 15 is 0 Å². The molecule has 0 aliphatic heterocycles. The zero-order chi connectivity index (χ0) is 9.14. The highest BCUT2D eigenvalue weighted by atomic mass is 16.4. The number of hydrogen-bond acceptors (Lipinski definition) is 4. The molecule has 60 valence electrons. The minimum Gasteiger partial charge on any atom is -0.423 e. The SMILES string of the molecule is Cc1nccc(B(O)O)c1C#N. The standard InChI is InChI=1S/C7H7BN2O2/c1-5-6(4-9)7(8(11)12)2-3-10-5/h2-3,11-12H,1H3. The van der Waals surface area contributed by atoms with Crippen LogP contribution in [0.3, 0.4) is 0 Å². The van der Waals surface area contributed by atoms with E-state index in [1.165, 1.54) is 12.3 Å². The lowest BCUT2D eigenvalue weighted by Crippen LogP contribution is -2.33. The molecule has 2 N–H and O–H groups in total. The zero-order valence-corrected chi connectivity index (χ0v) is 6.52. The van der Waals surface area contributed by atoms with Gasteiger partial charge in [-0.3, -0.25) is 4.98 Å². The minimum absolute atomic E-state index is 0.199. The van der Waals surface area contributed by atoms with Crippen molar-refractivity contribution in [1.82, 2.24) is 4.98 Å². The fourth-order valence-electron chi connectivity index (χ4n) is 0.947. The fourth-order valence-corrected chi connectivity index (χ4v) is 0.947. The molecule has 0 amide bonds. The maximum Gasteiger partial charge on any atom is 0.489 e. The van der Waals surface area contributed by atoms with Crippen LogP contribution < -0.4 is 5.46 Å².